The molecule has 4 aromatic rings. The van der Waals surface area contributed by atoms with Crippen molar-refractivity contribution in [3.8, 4) is 17.3 Å². The SMILES string of the molecule is N#Cc1cccc(-c2cc(CNS(=O)(=O)c3ccc4ccccc4c3)on2)c1. The van der Waals surface area contributed by atoms with Crippen LogP contribution in [0.15, 0.2) is 82.2 Å². The Bertz CT molecular complexity index is 1300. The zero-order chi connectivity index (χ0) is 19.6. The predicted molar refractivity (Wildman–Crippen MR) is 105 cm³/mol. The quantitative estimate of drug-likeness (QED) is 0.559. The number of hydrogen-bond donors (Lipinski definition) is 1. The van der Waals surface area contributed by atoms with Gasteiger partial charge in [-0.25, -0.2) is 13.1 Å². The second-order valence-corrected chi connectivity index (χ2v) is 7.97. The maximum Gasteiger partial charge on any atom is 0.240 e. The summed E-state index contributed by atoms with van der Waals surface area (Å²) in [6.45, 7) is -0.0277. The standard InChI is InChI=1S/C21H15N3O3S/c22-13-15-4-3-7-18(10-15)21-12-19(27-24-21)14-23-28(25,26)20-9-8-16-5-1-2-6-17(16)11-20/h1-12,23H,14H2. The monoisotopic (exact) mass is 389 g/mol. The summed E-state index contributed by atoms with van der Waals surface area (Å²) < 4.78 is 33.0. The van der Waals surface area contributed by atoms with Gasteiger partial charge in [0.1, 0.15) is 5.69 Å². The molecule has 0 spiro atoms. The van der Waals surface area contributed by atoms with E-state index in [0.29, 0.717) is 17.0 Å². The van der Waals surface area contributed by atoms with Crippen LogP contribution in [0.4, 0.5) is 0 Å². The van der Waals surface area contributed by atoms with Gasteiger partial charge in [-0.1, -0.05) is 47.6 Å². The van der Waals surface area contributed by atoms with Crippen LogP contribution in [0.1, 0.15) is 11.3 Å². The molecule has 0 aliphatic carbocycles. The first-order valence-corrected chi connectivity index (χ1v) is 9.98. The van der Waals surface area contributed by atoms with Gasteiger partial charge in [0.25, 0.3) is 0 Å². The van der Waals surface area contributed by atoms with Crippen LogP contribution in [-0.2, 0) is 16.6 Å². The first kappa shape index (κ1) is 17.9. The zero-order valence-electron chi connectivity index (χ0n) is 14.7. The van der Waals surface area contributed by atoms with Crippen LogP contribution in [-0.4, -0.2) is 13.6 Å². The van der Waals surface area contributed by atoms with Gasteiger partial charge in [0.05, 0.1) is 23.1 Å². The number of fused-ring (bicyclic) bond motifs is 1. The molecule has 0 aliphatic rings. The normalized spacial score (nSPS) is 11.4. The van der Waals surface area contributed by atoms with Crippen molar-refractivity contribution in [2.45, 2.75) is 11.4 Å². The van der Waals surface area contributed by atoms with E-state index in [1.807, 2.05) is 30.3 Å². The summed E-state index contributed by atoms with van der Waals surface area (Å²) in [5.41, 5.74) is 1.78. The molecule has 1 N–H and O–H groups in total. The average molecular weight is 389 g/mol. The van der Waals surface area contributed by atoms with Gasteiger partial charge in [0.15, 0.2) is 5.76 Å². The maximum absolute atomic E-state index is 12.6. The first-order chi connectivity index (χ1) is 13.5. The van der Waals surface area contributed by atoms with E-state index in [9.17, 15) is 8.42 Å². The molecule has 0 saturated carbocycles. The van der Waals surface area contributed by atoms with E-state index < -0.39 is 10.0 Å². The highest BCUT2D eigenvalue weighted by molar-refractivity contribution is 7.89. The van der Waals surface area contributed by atoms with E-state index in [2.05, 4.69) is 15.9 Å². The van der Waals surface area contributed by atoms with Gasteiger partial charge >= 0.3 is 0 Å². The summed E-state index contributed by atoms with van der Waals surface area (Å²) in [7, 11) is -3.70. The maximum atomic E-state index is 12.6. The van der Waals surface area contributed by atoms with Gasteiger partial charge in [-0.2, -0.15) is 5.26 Å². The van der Waals surface area contributed by atoms with Crippen molar-refractivity contribution in [3.63, 3.8) is 0 Å². The minimum atomic E-state index is -3.70. The van der Waals surface area contributed by atoms with Crippen molar-refractivity contribution in [1.29, 1.82) is 5.26 Å². The summed E-state index contributed by atoms with van der Waals surface area (Å²) in [5, 5.41) is 14.8. The molecule has 0 unspecified atom stereocenters. The van der Waals surface area contributed by atoms with E-state index >= 15 is 0 Å². The lowest BCUT2D eigenvalue weighted by atomic mass is 10.1. The molecule has 0 amide bonds. The fraction of sp³-hybridized carbons (Fsp3) is 0.0476. The van der Waals surface area contributed by atoms with Crippen LogP contribution in [0.2, 0.25) is 0 Å². The molecule has 4 rings (SSSR count). The zero-order valence-corrected chi connectivity index (χ0v) is 15.5. The average Bonchev–Trinajstić information content (AvgIpc) is 3.21. The number of rotatable bonds is 5. The molecular formula is C21H15N3O3S. The van der Waals surface area contributed by atoms with Gasteiger partial charge < -0.3 is 4.52 Å². The lowest BCUT2D eigenvalue weighted by Crippen LogP contribution is -2.22. The van der Waals surface area contributed by atoms with Gasteiger partial charge in [-0.05, 0) is 35.0 Å². The summed E-state index contributed by atoms with van der Waals surface area (Å²) >= 11 is 0. The number of nitrogens with one attached hydrogen (secondary N) is 1. The molecule has 6 nitrogen and oxygen atoms in total. The number of benzene rings is 3. The fourth-order valence-electron chi connectivity index (χ4n) is 2.86. The Morgan fingerprint density at radius 1 is 0.964 bits per heavy atom. The fourth-order valence-corrected chi connectivity index (χ4v) is 3.89. The lowest BCUT2D eigenvalue weighted by molar-refractivity contribution is 0.382. The van der Waals surface area contributed by atoms with Crippen LogP contribution in [0.5, 0.6) is 0 Å². The lowest BCUT2D eigenvalue weighted by Gasteiger charge is -2.06. The molecule has 0 aliphatic heterocycles. The van der Waals surface area contributed by atoms with E-state index in [-0.39, 0.29) is 11.4 Å². The minimum absolute atomic E-state index is 0.0277. The van der Waals surface area contributed by atoms with Crippen molar-refractivity contribution in [3.05, 3.63) is 84.1 Å². The van der Waals surface area contributed by atoms with Crippen LogP contribution >= 0.6 is 0 Å². The Kier molecular flexibility index (Phi) is 4.65. The number of sulfonamides is 1. The Hall–Kier alpha value is -3.47. The van der Waals surface area contributed by atoms with E-state index in [1.54, 1.807) is 42.5 Å². The van der Waals surface area contributed by atoms with Crippen molar-refractivity contribution >= 4 is 20.8 Å². The van der Waals surface area contributed by atoms with Crippen LogP contribution in [0, 0.1) is 11.3 Å². The van der Waals surface area contributed by atoms with E-state index in [0.717, 1.165) is 16.3 Å². The highest BCUT2D eigenvalue weighted by Gasteiger charge is 2.16. The van der Waals surface area contributed by atoms with Crippen LogP contribution < -0.4 is 4.72 Å². The second kappa shape index (κ2) is 7.27. The Labute approximate surface area is 162 Å². The number of hydrogen-bond acceptors (Lipinski definition) is 5. The smallest absolute Gasteiger partial charge is 0.240 e. The van der Waals surface area contributed by atoms with Crippen molar-refractivity contribution < 1.29 is 12.9 Å². The van der Waals surface area contributed by atoms with Gasteiger partial charge in [0.2, 0.25) is 10.0 Å². The number of nitriles is 1. The van der Waals surface area contributed by atoms with Crippen molar-refractivity contribution in [2.75, 3.05) is 0 Å². The van der Waals surface area contributed by atoms with Gasteiger partial charge in [-0.3, -0.25) is 0 Å². The van der Waals surface area contributed by atoms with E-state index in [1.165, 1.54) is 0 Å². The molecule has 0 saturated heterocycles. The number of nitrogens with zero attached hydrogens (tertiary/aromatic N) is 2. The first-order valence-electron chi connectivity index (χ1n) is 8.50. The van der Waals surface area contributed by atoms with Gasteiger partial charge in [-0.15, -0.1) is 0 Å². The molecular weight excluding hydrogens is 374 g/mol. The molecule has 7 heteroatoms. The highest BCUT2D eigenvalue weighted by atomic mass is 32.2. The van der Waals surface area contributed by atoms with Crippen LogP contribution in [0.3, 0.4) is 0 Å². The summed E-state index contributed by atoms with van der Waals surface area (Å²) in [4.78, 5) is 0.188. The van der Waals surface area contributed by atoms with Gasteiger partial charge in [0, 0.05) is 11.6 Å². The summed E-state index contributed by atoms with van der Waals surface area (Å²) in [5.74, 6) is 0.377. The molecule has 1 aromatic heterocycles. The second-order valence-electron chi connectivity index (χ2n) is 6.20. The third-order valence-corrected chi connectivity index (χ3v) is 5.71. The Morgan fingerprint density at radius 2 is 1.79 bits per heavy atom. The molecule has 0 fully saturated rings. The molecule has 0 radical (unpaired) electrons. The predicted octanol–water partition coefficient (Wildman–Crippen LogP) is 3.84. The third kappa shape index (κ3) is 3.64. The largest absolute Gasteiger partial charge is 0.359 e. The molecule has 138 valence electrons. The minimum Gasteiger partial charge on any atom is -0.359 e. The van der Waals surface area contributed by atoms with E-state index in [4.69, 9.17) is 9.78 Å². The molecule has 28 heavy (non-hydrogen) atoms. The van der Waals surface area contributed by atoms with Crippen molar-refractivity contribution in [1.82, 2.24) is 9.88 Å². The highest BCUT2D eigenvalue weighted by Crippen LogP contribution is 2.21. The molecule has 0 bridgehead atoms. The number of aromatic nitrogens is 1. The molecule has 0 atom stereocenters. The topological polar surface area (TPSA) is 96.0 Å². The summed E-state index contributed by atoms with van der Waals surface area (Å²) in [6, 6.07) is 23.2. The Balaban J connectivity index is 1.52. The van der Waals surface area contributed by atoms with Crippen molar-refractivity contribution in [2.24, 2.45) is 0 Å². The Morgan fingerprint density at radius 3 is 2.61 bits per heavy atom. The molecule has 1 heterocycles. The van der Waals surface area contributed by atoms with Crippen LogP contribution in [0.25, 0.3) is 22.0 Å². The molecule has 3 aromatic carbocycles. The third-order valence-electron chi connectivity index (χ3n) is 4.31. The summed E-state index contributed by atoms with van der Waals surface area (Å²) in [6.07, 6.45) is 0.